The van der Waals surface area contributed by atoms with Crippen molar-refractivity contribution >= 4 is 17.5 Å². The van der Waals surface area contributed by atoms with E-state index in [0.29, 0.717) is 12.6 Å². The topological polar surface area (TPSA) is 61.4 Å². The highest BCUT2D eigenvalue weighted by atomic mass is 19.1. The van der Waals surface area contributed by atoms with Crippen LogP contribution in [0.25, 0.3) is 0 Å². The number of nitrogens with zero attached hydrogens (tertiary/aromatic N) is 1. The largest absolute Gasteiger partial charge is 0.378 e. The van der Waals surface area contributed by atoms with Crippen LogP contribution in [0.5, 0.6) is 0 Å². The van der Waals surface area contributed by atoms with Gasteiger partial charge in [-0.05, 0) is 29.8 Å². The number of carbonyl (C=O) groups excluding carboxylic acids is 2. The average Bonchev–Trinajstić information content (AvgIpc) is 2.60. The van der Waals surface area contributed by atoms with Crippen molar-refractivity contribution in [3.05, 3.63) is 65.2 Å². The maximum absolute atomic E-state index is 13.5. The fraction of sp³-hybridized carbons (Fsp3) is 0.263. The van der Waals surface area contributed by atoms with Crippen LogP contribution < -0.4 is 15.5 Å². The molecule has 2 amide bonds. The maximum atomic E-state index is 13.5. The molecular weight excluding hydrogens is 340 g/mol. The van der Waals surface area contributed by atoms with Crippen molar-refractivity contribution in [1.82, 2.24) is 10.6 Å². The van der Waals surface area contributed by atoms with Crippen molar-refractivity contribution < 1.29 is 18.4 Å². The summed E-state index contributed by atoms with van der Waals surface area (Å²) in [4.78, 5) is 25.6. The second-order valence-electron chi connectivity index (χ2n) is 5.97. The molecule has 138 valence electrons. The molecule has 2 N–H and O–H groups in total. The first-order chi connectivity index (χ1) is 12.4. The lowest BCUT2D eigenvalue weighted by Gasteiger charge is -2.13. The molecule has 0 saturated heterocycles. The summed E-state index contributed by atoms with van der Waals surface area (Å²) in [6, 6.07) is 10.5. The number of halogens is 2. The lowest BCUT2D eigenvalue weighted by Crippen LogP contribution is -2.31. The minimum absolute atomic E-state index is 0.0566. The van der Waals surface area contributed by atoms with Gasteiger partial charge in [0.25, 0.3) is 5.91 Å². The van der Waals surface area contributed by atoms with Crippen LogP contribution >= 0.6 is 0 Å². The van der Waals surface area contributed by atoms with Gasteiger partial charge in [-0.2, -0.15) is 0 Å². The van der Waals surface area contributed by atoms with Gasteiger partial charge >= 0.3 is 0 Å². The predicted octanol–water partition coefficient (Wildman–Crippen LogP) is 2.47. The summed E-state index contributed by atoms with van der Waals surface area (Å²) in [5, 5.41) is 5.19. The second kappa shape index (κ2) is 8.94. The molecule has 0 atom stereocenters. The fourth-order valence-electron chi connectivity index (χ4n) is 2.26. The quantitative estimate of drug-likeness (QED) is 0.796. The molecule has 0 aliphatic carbocycles. The van der Waals surface area contributed by atoms with E-state index in [9.17, 15) is 18.4 Å². The molecule has 0 radical (unpaired) electrons. The van der Waals surface area contributed by atoms with E-state index in [1.54, 1.807) is 0 Å². The van der Waals surface area contributed by atoms with E-state index in [1.165, 1.54) is 0 Å². The Kier molecular flexibility index (Phi) is 6.66. The number of carbonyl (C=O) groups is 2. The third kappa shape index (κ3) is 5.54. The van der Waals surface area contributed by atoms with Gasteiger partial charge < -0.3 is 15.5 Å². The van der Waals surface area contributed by atoms with E-state index in [0.717, 1.165) is 23.4 Å². The molecule has 7 heteroatoms. The maximum Gasteiger partial charge on any atom is 0.254 e. The van der Waals surface area contributed by atoms with Gasteiger partial charge in [-0.15, -0.1) is 0 Å². The lowest BCUT2D eigenvalue weighted by atomic mass is 10.2. The van der Waals surface area contributed by atoms with E-state index < -0.39 is 17.5 Å². The summed E-state index contributed by atoms with van der Waals surface area (Å²) in [5.41, 5.74) is 1.77. The normalized spacial score (nSPS) is 10.3. The van der Waals surface area contributed by atoms with E-state index >= 15 is 0 Å². The van der Waals surface area contributed by atoms with Crippen LogP contribution in [0.1, 0.15) is 22.3 Å². The average molecular weight is 361 g/mol. The number of anilines is 1. The Morgan fingerprint density at radius 3 is 2.31 bits per heavy atom. The van der Waals surface area contributed by atoms with Gasteiger partial charge in [0.2, 0.25) is 5.91 Å². The van der Waals surface area contributed by atoms with Crippen molar-refractivity contribution in [2.75, 3.05) is 25.5 Å². The zero-order valence-electron chi connectivity index (χ0n) is 14.7. The molecule has 26 heavy (non-hydrogen) atoms. The highest BCUT2D eigenvalue weighted by Crippen LogP contribution is 2.12. The number of benzene rings is 2. The van der Waals surface area contributed by atoms with Crippen LogP contribution in [0.15, 0.2) is 42.5 Å². The third-order valence-electron chi connectivity index (χ3n) is 3.76. The third-order valence-corrected chi connectivity index (χ3v) is 3.76. The molecule has 2 aromatic rings. The molecule has 5 nitrogen and oxygen atoms in total. The first-order valence-electron chi connectivity index (χ1n) is 8.13. The molecule has 0 aliphatic rings. The Hall–Kier alpha value is -2.96. The molecule has 0 saturated carbocycles. The molecule has 0 bridgehead atoms. The Bertz CT molecular complexity index is 777. The lowest BCUT2D eigenvalue weighted by molar-refractivity contribution is -0.121. The molecule has 0 heterocycles. The Morgan fingerprint density at radius 2 is 1.69 bits per heavy atom. The van der Waals surface area contributed by atoms with E-state index in [1.807, 2.05) is 43.3 Å². The zero-order valence-corrected chi connectivity index (χ0v) is 14.7. The number of nitrogens with one attached hydrogen (secondary N) is 2. The molecule has 0 fully saturated rings. The molecular formula is C19H21F2N3O2. The summed E-state index contributed by atoms with van der Waals surface area (Å²) < 4.78 is 26.3. The van der Waals surface area contributed by atoms with Gasteiger partial charge in [-0.1, -0.05) is 12.1 Å². The minimum Gasteiger partial charge on any atom is -0.378 e. The summed E-state index contributed by atoms with van der Waals surface area (Å²) in [6.07, 6.45) is 0.0599. The summed E-state index contributed by atoms with van der Waals surface area (Å²) in [7, 11) is 3.89. The van der Waals surface area contributed by atoms with Crippen LogP contribution in [0.2, 0.25) is 0 Å². The van der Waals surface area contributed by atoms with E-state index in [4.69, 9.17) is 0 Å². The van der Waals surface area contributed by atoms with Gasteiger partial charge in [0.05, 0.1) is 5.56 Å². The number of rotatable bonds is 7. The van der Waals surface area contributed by atoms with Gasteiger partial charge in [-0.3, -0.25) is 9.59 Å². The first kappa shape index (κ1) is 19.4. The van der Waals surface area contributed by atoms with Crippen LogP contribution in [-0.2, 0) is 11.3 Å². The smallest absolute Gasteiger partial charge is 0.254 e. The highest BCUT2D eigenvalue weighted by Gasteiger charge is 2.12. The molecule has 0 unspecified atom stereocenters. The number of hydrogen-bond donors (Lipinski definition) is 2. The standard InChI is InChI=1S/C19H21F2N3O2/c1-24(2)15-6-3-13(4-7-15)12-23-18(25)9-10-22-19(26)16-8-5-14(20)11-17(16)21/h3-8,11H,9-10,12H2,1-2H3,(H,22,26)(H,23,25). The second-order valence-corrected chi connectivity index (χ2v) is 5.97. The molecule has 2 aromatic carbocycles. The monoisotopic (exact) mass is 361 g/mol. The van der Waals surface area contributed by atoms with Crippen molar-refractivity contribution in [3.63, 3.8) is 0 Å². The number of amides is 2. The molecule has 0 aliphatic heterocycles. The Morgan fingerprint density at radius 1 is 1.00 bits per heavy atom. The molecule has 0 aromatic heterocycles. The van der Waals surface area contributed by atoms with Crippen LogP contribution in [0, 0.1) is 11.6 Å². The van der Waals surface area contributed by atoms with Crippen LogP contribution in [-0.4, -0.2) is 32.5 Å². The number of hydrogen-bond acceptors (Lipinski definition) is 3. The first-order valence-corrected chi connectivity index (χ1v) is 8.13. The fourth-order valence-corrected chi connectivity index (χ4v) is 2.26. The van der Waals surface area contributed by atoms with Crippen LogP contribution in [0.4, 0.5) is 14.5 Å². The Balaban J connectivity index is 1.74. The van der Waals surface area contributed by atoms with Gasteiger partial charge in [0.1, 0.15) is 11.6 Å². The van der Waals surface area contributed by atoms with E-state index in [2.05, 4.69) is 10.6 Å². The van der Waals surface area contributed by atoms with E-state index in [-0.39, 0.29) is 24.4 Å². The highest BCUT2D eigenvalue weighted by molar-refractivity contribution is 5.94. The van der Waals surface area contributed by atoms with Gasteiger partial charge in [-0.25, -0.2) is 8.78 Å². The van der Waals surface area contributed by atoms with Gasteiger partial charge in [0.15, 0.2) is 0 Å². The summed E-state index contributed by atoms with van der Waals surface area (Å²) in [6.45, 7) is 0.439. The zero-order chi connectivity index (χ0) is 19.1. The summed E-state index contributed by atoms with van der Waals surface area (Å²) in [5.74, 6) is -2.61. The van der Waals surface area contributed by atoms with Gasteiger partial charge in [0, 0.05) is 45.4 Å². The molecule has 0 spiro atoms. The van der Waals surface area contributed by atoms with Crippen molar-refractivity contribution in [2.24, 2.45) is 0 Å². The van der Waals surface area contributed by atoms with Crippen molar-refractivity contribution in [1.29, 1.82) is 0 Å². The van der Waals surface area contributed by atoms with Crippen LogP contribution in [0.3, 0.4) is 0 Å². The Labute approximate surface area is 151 Å². The minimum atomic E-state index is -0.937. The SMILES string of the molecule is CN(C)c1ccc(CNC(=O)CCNC(=O)c2ccc(F)cc2F)cc1. The van der Waals surface area contributed by atoms with Crippen molar-refractivity contribution in [2.45, 2.75) is 13.0 Å². The van der Waals surface area contributed by atoms with Crippen molar-refractivity contribution in [3.8, 4) is 0 Å². The summed E-state index contributed by atoms with van der Waals surface area (Å²) >= 11 is 0. The predicted molar refractivity (Wildman–Crippen MR) is 95.9 cm³/mol. The molecule has 2 rings (SSSR count).